The van der Waals surface area contributed by atoms with Gasteiger partial charge in [0.1, 0.15) is 11.4 Å². The molecule has 6 heteroatoms. The molecule has 0 bridgehead atoms. The molecule has 0 spiro atoms. The summed E-state index contributed by atoms with van der Waals surface area (Å²) in [5.41, 5.74) is 5.71. The largest absolute Gasteiger partial charge is 0.341 e. The fourth-order valence-corrected chi connectivity index (χ4v) is 3.98. The van der Waals surface area contributed by atoms with Crippen molar-refractivity contribution in [2.75, 3.05) is 12.8 Å². The molecule has 4 aromatic rings. The second kappa shape index (κ2) is 10.2. The van der Waals surface area contributed by atoms with Gasteiger partial charge in [0.05, 0.1) is 5.75 Å². The van der Waals surface area contributed by atoms with E-state index >= 15 is 0 Å². The lowest BCUT2D eigenvalue weighted by Gasteiger charge is -2.17. The molecule has 5 nitrogen and oxygen atoms in total. The van der Waals surface area contributed by atoms with E-state index in [1.165, 1.54) is 17.3 Å². The third-order valence-electron chi connectivity index (χ3n) is 5.05. The van der Waals surface area contributed by atoms with E-state index in [4.69, 9.17) is 4.98 Å². The van der Waals surface area contributed by atoms with Crippen molar-refractivity contribution in [3.8, 4) is 22.5 Å². The van der Waals surface area contributed by atoms with Gasteiger partial charge in [-0.2, -0.15) is 0 Å². The minimum Gasteiger partial charge on any atom is -0.341 e. The van der Waals surface area contributed by atoms with Gasteiger partial charge in [-0.25, -0.2) is 4.98 Å². The van der Waals surface area contributed by atoms with Gasteiger partial charge in [-0.1, -0.05) is 102 Å². The van der Waals surface area contributed by atoms with Crippen molar-refractivity contribution in [1.82, 2.24) is 20.1 Å². The molecule has 160 valence electrons. The summed E-state index contributed by atoms with van der Waals surface area (Å²) in [7, 11) is 1.82. The summed E-state index contributed by atoms with van der Waals surface area (Å²) in [5.74, 6) is 0.274. The lowest BCUT2D eigenvalue weighted by Crippen LogP contribution is -2.27. The van der Waals surface area contributed by atoms with Crippen LogP contribution in [0.25, 0.3) is 22.5 Å². The molecule has 1 amide bonds. The van der Waals surface area contributed by atoms with Gasteiger partial charge in [0, 0.05) is 24.7 Å². The second-order valence-electron chi connectivity index (χ2n) is 7.55. The van der Waals surface area contributed by atoms with Crippen LogP contribution in [-0.4, -0.2) is 38.8 Å². The van der Waals surface area contributed by atoms with Gasteiger partial charge in [-0.15, -0.1) is 10.2 Å². The van der Waals surface area contributed by atoms with E-state index in [-0.39, 0.29) is 11.7 Å². The van der Waals surface area contributed by atoms with Crippen molar-refractivity contribution in [2.45, 2.75) is 18.6 Å². The molecule has 0 atom stereocenters. The number of hydrogen-bond acceptors (Lipinski definition) is 5. The number of aryl methyl sites for hydroxylation is 1. The molecule has 0 aliphatic heterocycles. The topological polar surface area (TPSA) is 59.0 Å². The molecule has 32 heavy (non-hydrogen) atoms. The van der Waals surface area contributed by atoms with Crippen molar-refractivity contribution < 1.29 is 4.79 Å². The van der Waals surface area contributed by atoms with Crippen LogP contribution in [0.4, 0.5) is 0 Å². The van der Waals surface area contributed by atoms with Gasteiger partial charge < -0.3 is 4.90 Å². The first-order valence-electron chi connectivity index (χ1n) is 10.4. The lowest BCUT2D eigenvalue weighted by atomic mass is 10.0. The lowest BCUT2D eigenvalue weighted by molar-refractivity contribution is -0.127. The Morgan fingerprint density at radius 2 is 1.41 bits per heavy atom. The number of carbonyl (C=O) groups excluding carboxylic acids is 1. The number of rotatable bonds is 7. The van der Waals surface area contributed by atoms with Gasteiger partial charge in [0.25, 0.3) is 0 Å². The van der Waals surface area contributed by atoms with E-state index in [0.29, 0.717) is 11.7 Å². The Morgan fingerprint density at radius 3 is 2.03 bits per heavy atom. The average molecular weight is 441 g/mol. The normalized spacial score (nSPS) is 10.7. The highest BCUT2D eigenvalue weighted by molar-refractivity contribution is 7.99. The Morgan fingerprint density at radius 1 is 0.812 bits per heavy atom. The number of aromatic nitrogens is 3. The molecular formula is C26H24N4OS. The average Bonchev–Trinajstić information content (AvgIpc) is 2.85. The van der Waals surface area contributed by atoms with Crippen molar-refractivity contribution in [3.05, 3.63) is 96.1 Å². The predicted octanol–water partition coefficient (Wildman–Crippen LogP) is 5.26. The number of benzene rings is 3. The Kier molecular flexibility index (Phi) is 6.92. The molecular weight excluding hydrogens is 416 g/mol. The third kappa shape index (κ3) is 5.39. The Labute approximate surface area is 192 Å². The highest BCUT2D eigenvalue weighted by Gasteiger charge is 2.16. The Hall–Kier alpha value is -3.51. The molecule has 0 saturated carbocycles. The smallest absolute Gasteiger partial charge is 0.233 e. The Bertz CT molecular complexity index is 1180. The fourth-order valence-electron chi connectivity index (χ4n) is 3.25. The van der Waals surface area contributed by atoms with Gasteiger partial charge in [0.15, 0.2) is 0 Å². The van der Waals surface area contributed by atoms with Crippen molar-refractivity contribution in [1.29, 1.82) is 0 Å². The summed E-state index contributed by atoms with van der Waals surface area (Å²) in [5, 5.41) is 9.25. The minimum absolute atomic E-state index is 0.0209. The molecule has 0 unspecified atom stereocenters. The van der Waals surface area contributed by atoms with Crippen LogP contribution in [0.1, 0.15) is 11.1 Å². The summed E-state index contributed by atoms with van der Waals surface area (Å²) in [6.07, 6.45) is 0. The maximum atomic E-state index is 12.7. The van der Waals surface area contributed by atoms with Crippen LogP contribution in [0.3, 0.4) is 0 Å². The maximum Gasteiger partial charge on any atom is 0.233 e. The van der Waals surface area contributed by atoms with Gasteiger partial charge in [-0.3, -0.25) is 4.79 Å². The van der Waals surface area contributed by atoms with E-state index in [1.54, 1.807) is 4.90 Å². The summed E-state index contributed by atoms with van der Waals surface area (Å²) < 4.78 is 0. The summed E-state index contributed by atoms with van der Waals surface area (Å²) in [4.78, 5) is 19.1. The van der Waals surface area contributed by atoms with Crippen molar-refractivity contribution in [2.24, 2.45) is 0 Å². The molecule has 0 fully saturated rings. The molecule has 1 aromatic heterocycles. The van der Waals surface area contributed by atoms with Crippen LogP contribution in [0.2, 0.25) is 0 Å². The maximum absolute atomic E-state index is 12.7. The SMILES string of the molecule is Cc1ccc(CN(C)C(=O)CSc2nnc(-c3ccccc3)c(-c3ccccc3)n2)cc1. The van der Waals surface area contributed by atoms with E-state index in [9.17, 15) is 4.79 Å². The highest BCUT2D eigenvalue weighted by Crippen LogP contribution is 2.29. The third-order valence-corrected chi connectivity index (χ3v) is 5.88. The number of nitrogens with zero attached hydrogens (tertiary/aromatic N) is 4. The fraction of sp³-hybridized carbons (Fsp3) is 0.154. The number of hydrogen-bond donors (Lipinski definition) is 0. The zero-order valence-corrected chi connectivity index (χ0v) is 18.9. The monoisotopic (exact) mass is 440 g/mol. The number of amides is 1. The molecule has 0 saturated heterocycles. The Balaban J connectivity index is 1.50. The minimum atomic E-state index is 0.0209. The highest BCUT2D eigenvalue weighted by atomic mass is 32.2. The zero-order valence-electron chi connectivity index (χ0n) is 18.1. The van der Waals surface area contributed by atoms with Crippen LogP contribution in [0, 0.1) is 6.92 Å². The van der Waals surface area contributed by atoms with Crippen molar-refractivity contribution >= 4 is 17.7 Å². The molecule has 0 aliphatic carbocycles. The number of thioether (sulfide) groups is 1. The van der Waals surface area contributed by atoms with Gasteiger partial charge in [0.2, 0.25) is 11.1 Å². The second-order valence-corrected chi connectivity index (χ2v) is 8.49. The molecule has 4 rings (SSSR count). The van der Waals surface area contributed by atoms with E-state index in [1.807, 2.05) is 79.8 Å². The predicted molar refractivity (Wildman–Crippen MR) is 129 cm³/mol. The quantitative estimate of drug-likeness (QED) is 0.367. The summed E-state index contributed by atoms with van der Waals surface area (Å²) in [6.45, 7) is 2.62. The molecule has 1 heterocycles. The van der Waals surface area contributed by atoms with E-state index < -0.39 is 0 Å². The van der Waals surface area contributed by atoms with Gasteiger partial charge in [-0.05, 0) is 12.5 Å². The first-order valence-corrected chi connectivity index (χ1v) is 11.4. The van der Waals surface area contributed by atoms with E-state index in [0.717, 1.165) is 28.1 Å². The first-order chi connectivity index (χ1) is 15.6. The first kappa shape index (κ1) is 21.7. The number of carbonyl (C=O) groups is 1. The van der Waals surface area contributed by atoms with Crippen LogP contribution in [0.5, 0.6) is 0 Å². The van der Waals surface area contributed by atoms with Crippen LogP contribution in [0.15, 0.2) is 90.1 Å². The molecule has 0 aliphatic rings. The van der Waals surface area contributed by atoms with Gasteiger partial charge >= 0.3 is 0 Å². The summed E-state index contributed by atoms with van der Waals surface area (Å²) in [6, 6.07) is 28.0. The van der Waals surface area contributed by atoms with E-state index in [2.05, 4.69) is 29.3 Å². The summed E-state index contributed by atoms with van der Waals surface area (Å²) >= 11 is 1.31. The van der Waals surface area contributed by atoms with Crippen molar-refractivity contribution in [3.63, 3.8) is 0 Å². The van der Waals surface area contributed by atoms with Crippen LogP contribution < -0.4 is 0 Å². The molecule has 0 N–H and O–H groups in total. The van der Waals surface area contributed by atoms with Crippen LogP contribution in [-0.2, 0) is 11.3 Å². The molecule has 3 aromatic carbocycles. The van der Waals surface area contributed by atoms with Crippen LogP contribution >= 0.6 is 11.8 Å². The molecule has 0 radical (unpaired) electrons. The standard InChI is InChI=1S/C26H24N4OS/c1-19-13-15-20(16-14-19)17-30(2)23(31)18-32-26-27-24(21-9-5-3-6-10-21)25(28-29-26)22-11-7-4-8-12-22/h3-16H,17-18H2,1-2H3. The zero-order chi connectivity index (χ0) is 22.3.